The number of ether oxygens (including phenoxy) is 1. The second-order valence-corrected chi connectivity index (χ2v) is 7.14. The molecular formula is C17H17Br2NO. The van der Waals surface area contributed by atoms with Gasteiger partial charge in [-0.3, -0.25) is 0 Å². The van der Waals surface area contributed by atoms with Crippen molar-refractivity contribution in [3.63, 3.8) is 0 Å². The van der Waals surface area contributed by atoms with E-state index in [9.17, 15) is 0 Å². The molecule has 2 atom stereocenters. The predicted octanol–water partition coefficient (Wildman–Crippen LogP) is 5.30. The van der Waals surface area contributed by atoms with E-state index in [0.29, 0.717) is 6.04 Å². The molecule has 0 spiro atoms. The fourth-order valence-corrected chi connectivity index (χ4v) is 3.46. The molecule has 0 aliphatic carbocycles. The number of hydrogen-bond acceptors (Lipinski definition) is 2. The van der Waals surface area contributed by atoms with Crippen molar-refractivity contribution in [3.8, 4) is 5.75 Å². The van der Waals surface area contributed by atoms with Crippen molar-refractivity contribution < 1.29 is 4.74 Å². The Kier molecular flexibility index (Phi) is 4.38. The van der Waals surface area contributed by atoms with Gasteiger partial charge in [-0.05, 0) is 43.3 Å². The molecule has 0 radical (unpaired) electrons. The van der Waals surface area contributed by atoms with Gasteiger partial charge in [-0.2, -0.15) is 0 Å². The number of benzene rings is 2. The van der Waals surface area contributed by atoms with Crippen LogP contribution in [0.25, 0.3) is 0 Å². The summed E-state index contributed by atoms with van der Waals surface area (Å²) in [4.78, 5) is 0. The summed E-state index contributed by atoms with van der Waals surface area (Å²) in [5.74, 6) is 0.955. The summed E-state index contributed by atoms with van der Waals surface area (Å²) >= 11 is 7.13. The molecule has 0 fully saturated rings. The highest BCUT2D eigenvalue weighted by Crippen LogP contribution is 2.42. The van der Waals surface area contributed by atoms with E-state index in [1.165, 1.54) is 16.7 Å². The first-order chi connectivity index (χ1) is 10.1. The number of nitrogens with one attached hydrogen (secondary N) is 1. The van der Waals surface area contributed by atoms with Crippen LogP contribution >= 0.6 is 31.9 Å². The van der Waals surface area contributed by atoms with E-state index in [0.717, 1.165) is 21.1 Å². The van der Waals surface area contributed by atoms with Crippen LogP contribution < -0.4 is 10.1 Å². The van der Waals surface area contributed by atoms with E-state index in [1.54, 1.807) is 0 Å². The summed E-state index contributed by atoms with van der Waals surface area (Å²) in [7, 11) is 2.00. The molecule has 1 N–H and O–H groups in total. The summed E-state index contributed by atoms with van der Waals surface area (Å²) < 4.78 is 8.41. The fraction of sp³-hybridized carbons (Fsp3) is 0.294. The van der Waals surface area contributed by atoms with Crippen molar-refractivity contribution in [1.29, 1.82) is 0 Å². The molecule has 4 heteroatoms. The Morgan fingerprint density at radius 1 is 1.14 bits per heavy atom. The second-order valence-electron chi connectivity index (χ2n) is 5.37. The normalized spacial score (nSPS) is 20.8. The SMILES string of the molecule is CNC1CC(c2ccc(C)c(Br)c2)Oc2cc(Br)ccc21. The zero-order chi connectivity index (χ0) is 15.0. The van der Waals surface area contributed by atoms with Crippen molar-refractivity contribution in [1.82, 2.24) is 5.32 Å². The van der Waals surface area contributed by atoms with Crippen LogP contribution in [-0.2, 0) is 0 Å². The molecule has 1 aliphatic heterocycles. The zero-order valence-corrected chi connectivity index (χ0v) is 15.2. The van der Waals surface area contributed by atoms with E-state index in [2.05, 4.69) is 80.5 Å². The topological polar surface area (TPSA) is 21.3 Å². The fourth-order valence-electron chi connectivity index (χ4n) is 2.73. The standard InChI is InChI=1S/C17H17Br2NO/c1-10-3-4-11(7-14(10)19)16-9-15(20-2)13-6-5-12(18)8-17(13)21-16/h3-8,15-16,20H,9H2,1-2H3. The Balaban J connectivity index is 1.97. The number of rotatable bonds is 2. The molecule has 0 amide bonds. The van der Waals surface area contributed by atoms with Gasteiger partial charge in [0.25, 0.3) is 0 Å². The lowest BCUT2D eigenvalue weighted by Crippen LogP contribution is -2.26. The van der Waals surface area contributed by atoms with E-state index in [4.69, 9.17) is 4.74 Å². The van der Waals surface area contributed by atoms with Gasteiger partial charge in [-0.15, -0.1) is 0 Å². The Morgan fingerprint density at radius 2 is 1.95 bits per heavy atom. The Bertz CT molecular complexity index is 672. The lowest BCUT2D eigenvalue weighted by atomic mass is 9.93. The molecule has 2 aromatic carbocycles. The molecule has 1 aliphatic rings. The largest absolute Gasteiger partial charge is 0.485 e. The minimum absolute atomic E-state index is 0.0705. The molecule has 1 heterocycles. The van der Waals surface area contributed by atoms with Gasteiger partial charge >= 0.3 is 0 Å². The molecule has 0 aromatic heterocycles. The summed E-state index contributed by atoms with van der Waals surface area (Å²) in [5.41, 5.74) is 3.67. The van der Waals surface area contributed by atoms with Crippen molar-refractivity contribution in [2.45, 2.75) is 25.5 Å². The molecule has 0 saturated carbocycles. The highest BCUT2D eigenvalue weighted by Gasteiger charge is 2.28. The third-order valence-corrected chi connectivity index (χ3v) is 5.33. The minimum atomic E-state index is 0.0705. The lowest BCUT2D eigenvalue weighted by molar-refractivity contribution is 0.153. The van der Waals surface area contributed by atoms with Gasteiger partial charge in [0.2, 0.25) is 0 Å². The van der Waals surface area contributed by atoms with Crippen molar-refractivity contribution in [3.05, 3.63) is 62.0 Å². The third kappa shape index (κ3) is 3.03. The van der Waals surface area contributed by atoms with Gasteiger partial charge in [0.1, 0.15) is 11.9 Å². The van der Waals surface area contributed by atoms with Crippen molar-refractivity contribution in [2.24, 2.45) is 0 Å². The maximum atomic E-state index is 6.23. The quantitative estimate of drug-likeness (QED) is 0.724. The molecule has 3 rings (SSSR count). The Hall–Kier alpha value is -0.840. The van der Waals surface area contributed by atoms with Gasteiger partial charge in [-0.25, -0.2) is 0 Å². The van der Waals surface area contributed by atoms with Crippen LogP contribution in [0.5, 0.6) is 5.75 Å². The summed E-state index contributed by atoms with van der Waals surface area (Å²) in [6, 6.07) is 13.0. The number of halogens is 2. The molecule has 21 heavy (non-hydrogen) atoms. The molecule has 0 bridgehead atoms. The summed E-state index contributed by atoms with van der Waals surface area (Å²) in [6.07, 6.45) is 1.00. The first-order valence-corrected chi connectivity index (χ1v) is 8.56. The maximum absolute atomic E-state index is 6.23. The van der Waals surface area contributed by atoms with Gasteiger partial charge in [0.05, 0.1) is 0 Å². The van der Waals surface area contributed by atoms with Crippen LogP contribution in [0.1, 0.15) is 35.3 Å². The smallest absolute Gasteiger partial charge is 0.126 e. The minimum Gasteiger partial charge on any atom is -0.485 e. The first-order valence-electron chi connectivity index (χ1n) is 6.98. The Labute approximate surface area is 142 Å². The average molecular weight is 411 g/mol. The third-order valence-electron chi connectivity index (χ3n) is 3.99. The van der Waals surface area contributed by atoms with Crippen LogP contribution in [-0.4, -0.2) is 7.05 Å². The first kappa shape index (κ1) is 15.1. The van der Waals surface area contributed by atoms with Crippen molar-refractivity contribution in [2.75, 3.05) is 7.05 Å². The summed E-state index contributed by atoms with van der Waals surface area (Å²) in [6.45, 7) is 2.10. The molecule has 2 unspecified atom stereocenters. The van der Waals surface area contributed by atoms with Crippen LogP contribution in [0.4, 0.5) is 0 Å². The molecule has 110 valence electrons. The van der Waals surface area contributed by atoms with E-state index in [-0.39, 0.29) is 6.10 Å². The van der Waals surface area contributed by atoms with E-state index >= 15 is 0 Å². The van der Waals surface area contributed by atoms with Gasteiger partial charge in [-0.1, -0.05) is 50.1 Å². The predicted molar refractivity (Wildman–Crippen MR) is 92.8 cm³/mol. The van der Waals surface area contributed by atoms with Crippen LogP contribution in [0.3, 0.4) is 0 Å². The monoisotopic (exact) mass is 409 g/mol. The maximum Gasteiger partial charge on any atom is 0.126 e. The number of aryl methyl sites for hydroxylation is 1. The average Bonchev–Trinajstić information content (AvgIpc) is 2.48. The van der Waals surface area contributed by atoms with Crippen LogP contribution in [0.15, 0.2) is 45.3 Å². The molecule has 2 aromatic rings. The highest BCUT2D eigenvalue weighted by molar-refractivity contribution is 9.10. The van der Waals surface area contributed by atoms with E-state index < -0.39 is 0 Å². The molecule has 0 saturated heterocycles. The highest BCUT2D eigenvalue weighted by atomic mass is 79.9. The van der Waals surface area contributed by atoms with Crippen LogP contribution in [0, 0.1) is 6.92 Å². The van der Waals surface area contributed by atoms with E-state index in [1.807, 2.05) is 7.05 Å². The van der Waals surface area contributed by atoms with Gasteiger partial charge in [0.15, 0.2) is 0 Å². The lowest BCUT2D eigenvalue weighted by Gasteiger charge is -2.32. The zero-order valence-electron chi connectivity index (χ0n) is 12.0. The molecular weight excluding hydrogens is 394 g/mol. The van der Waals surface area contributed by atoms with Gasteiger partial charge < -0.3 is 10.1 Å². The number of fused-ring (bicyclic) bond motifs is 1. The molecule has 2 nitrogen and oxygen atoms in total. The Morgan fingerprint density at radius 3 is 2.67 bits per heavy atom. The summed E-state index contributed by atoms with van der Waals surface area (Å²) in [5, 5.41) is 3.40. The van der Waals surface area contributed by atoms with Crippen LogP contribution in [0.2, 0.25) is 0 Å². The van der Waals surface area contributed by atoms with Gasteiger partial charge in [0, 0.05) is 27.0 Å². The number of hydrogen-bond donors (Lipinski definition) is 1. The van der Waals surface area contributed by atoms with Crippen molar-refractivity contribution >= 4 is 31.9 Å². The second kappa shape index (κ2) is 6.11.